The number of carbonyl (C=O) groups is 1. The van der Waals surface area contributed by atoms with E-state index in [0.717, 1.165) is 44.9 Å². The van der Waals surface area contributed by atoms with E-state index in [2.05, 4.69) is 42.5 Å². The number of unbranched alkanes of at least 4 members (excludes halogenated alkanes) is 4. The minimum atomic E-state index is -0.734. The highest BCUT2D eigenvalue weighted by Gasteiger charge is 1.95. The molecule has 0 unspecified atom stereocenters. The number of aliphatic carboxylic acids is 1. The average molecular weight is 349 g/mol. The van der Waals surface area contributed by atoms with Crippen molar-refractivity contribution < 1.29 is 14.8 Å². The zero-order valence-corrected chi connectivity index (χ0v) is 15.0. The second-order valence-electron chi connectivity index (χ2n) is 5.78. The first-order valence-corrected chi connectivity index (χ1v) is 9.06. The fourth-order valence-electron chi connectivity index (χ4n) is 2.10. The van der Waals surface area contributed by atoms with Crippen LogP contribution in [0.3, 0.4) is 0 Å². The molecule has 0 atom stereocenters. The smallest absolute Gasteiger partial charge is 0.303 e. The molecular weight excluding hydrogens is 318 g/mol. The average Bonchev–Trinajstić information content (AvgIpc) is 2.56. The summed E-state index contributed by atoms with van der Waals surface area (Å²) in [6.07, 6.45) is 24.9. The molecule has 25 heavy (non-hydrogen) atoms. The summed E-state index contributed by atoms with van der Waals surface area (Å²) >= 11 is 0. The van der Waals surface area contributed by atoms with Gasteiger partial charge in [0.25, 0.3) is 0 Å². The molecule has 0 aromatic heterocycles. The van der Waals surface area contributed by atoms with Crippen LogP contribution in [0.15, 0.2) is 48.6 Å². The predicted octanol–water partition coefficient (Wildman–Crippen LogP) is 5.47. The molecule has 0 aliphatic rings. The summed E-state index contributed by atoms with van der Waals surface area (Å²) in [7, 11) is 0. The molecule has 0 heterocycles. The van der Waals surface area contributed by atoms with Crippen LogP contribution in [0.4, 0.5) is 0 Å². The molecule has 0 aromatic carbocycles. The van der Waals surface area contributed by atoms with Crippen molar-refractivity contribution in [2.24, 2.45) is 0 Å². The number of hydrogen-bond donors (Lipinski definition) is 1. The van der Waals surface area contributed by atoms with Crippen LogP contribution in [0.25, 0.3) is 0 Å². The predicted molar refractivity (Wildman–Crippen MR) is 102 cm³/mol. The molecule has 140 valence electrons. The van der Waals surface area contributed by atoms with Gasteiger partial charge >= 0.3 is 5.97 Å². The Balaban J connectivity index is 3.41. The van der Waals surface area contributed by atoms with Gasteiger partial charge in [-0.25, -0.2) is 0 Å². The molecule has 0 saturated carbocycles. The second kappa shape index (κ2) is 18.2. The first-order valence-electron chi connectivity index (χ1n) is 9.06. The van der Waals surface area contributed by atoms with Gasteiger partial charge in [-0.05, 0) is 51.4 Å². The zero-order valence-electron chi connectivity index (χ0n) is 15.0. The number of hydrogen-bond acceptors (Lipinski definition) is 3. The molecule has 1 N–H and O–H groups in total. The first-order chi connectivity index (χ1) is 12.1. The molecular formula is C20H31NO4. The summed E-state index contributed by atoms with van der Waals surface area (Å²) < 4.78 is 0. The Morgan fingerprint density at radius 2 is 1.24 bits per heavy atom. The van der Waals surface area contributed by atoms with E-state index in [1.165, 1.54) is 0 Å². The quantitative estimate of drug-likeness (QED) is 0.173. The molecule has 0 aromatic rings. The monoisotopic (exact) mass is 349 g/mol. The third-order valence-electron chi connectivity index (χ3n) is 3.46. The number of nitro groups is 1. The summed E-state index contributed by atoms with van der Waals surface area (Å²) in [5.74, 6) is -0.734. The zero-order chi connectivity index (χ0) is 18.6. The first kappa shape index (κ1) is 22.8. The molecule has 0 radical (unpaired) electrons. The minimum absolute atomic E-state index is 0.0838. The number of allylic oxidation sites excluding steroid dienone is 8. The summed E-state index contributed by atoms with van der Waals surface area (Å²) in [4.78, 5) is 20.2. The third kappa shape index (κ3) is 21.8. The van der Waals surface area contributed by atoms with Gasteiger partial charge in [-0.3, -0.25) is 14.9 Å². The fraction of sp³-hybridized carbons (Fsp3) is 0.550. The summed E-state index contributed by atoms with van der Waals surface area (Å²) in [6.45, 7) is 0.0838. The van der Waals surface area contributed by atoms with Gasteiger partial charge in [0.05, 0.1) is 0 Å². The number of carboxylic acid groups (broad SMARTS) is 1. The number of rotatable bonds is 16. The number of nitrogens with zero attached hydrogens (tertiary/aromatic N) is 1. The summed E-state index contributed by atoms with van der Waals surface area (Å²) in [5.41, 5.74) is 0. The highest BCUT2D eigenvalue weighted by molar-refractivity contribution is 5.66. The van der Waals surface area contributed by atoms with Crippen LogP contribution < -0.4 is 0 Å². The largest absolute Gasteiger partial charge is 0.481 e. The Morgan fingerprint density at radius 1 is 0.760 bits per heavy atom. The van der Waals surface area contributed by atoms with Crippen molar-refractivity contribution in [1.82, 2.24) is 0 Å². The maximum Gasteiger partial charge on any atom is 0.303 e. The number of carboxylic acids is 1. The van der Waals surface area contributed by atoms with E-state index in [-0.39, 0.29) is 17.9 Å². The molecule has 5 heteroatoms. The lowest BCUT2D eigenvalue weighted by molar-refractivity contribution is -0.480. The van der Waals surface area contributed by atoms with Gasteiger partial charge in [0.15, 0.2) is 0 Å². The van der Waals surface area contributed by atoms with Crippen molar-refractivity contribution in [3.8, 4) is 0 Å². The molecule has 0 aliphatic heterocycles. The molecule has 0 bridgehead atoms. The second-order valence-corrected chi connectivity index (χ2v) is 5.78. The van der Waals surface area contributed by atoms with Gasteiger partial charge in [0, 0.05) is 17.8 Å². The van der Waals surface area contributed by atoms with Crippen LogP contribution in [0, 0.1) is 10.1 Å². The Morgan fingerprint density at radius 3 is 1.72 bits per heavy atom. The molecule has 0 rings (SSSR count). The van der Waals surface area contributed by atoms with Crippen molar-refractivity contribution >= 4 is 5.97 Å². The van der Waals surface area contributed by atoms with Gasteiger partial charge in [0.2, 0.25) is 6.54 Å². The summed E-state index contributed by atoms with van der Waals surface area (Å²) in [6, 6.07) is 0. The molecule has 0 amide bonds. The van der Waals surface area contributed by atoms with Crippen molar-refractivity contribution in [2.45, 2.75) is 64.2 Å². The molecule has 5 nitrogen and oxygen atoms in total. The highest BCUT2D eigenvalue weighted by atomic mass is 16.6. The van der Waals surface area contributed by atoms with Gasteiger partial charge < -0.3 is 5.11 Å². The Kier molecular flexibility index (Phi) is 16.6. The van der Waals surface area contributed by atoms with E-state index in [9.17, 15) is 14.9 Å². The lowest BCUT2D eigenvalue weighted by atomic mass is 10.2. The van der Waals surface area contributed by atoms with Crippen LogP contribution >= 0.6 is 0 Å². The lowest BCUT2D eigenvalue weighted by Crippen LogP contribution is -1.99. The Labute approximate surface area is 151 Å². The molecule has 0 spiro atoms. The van der Waals surface area contributed by atoms with Gasteiger partial charge in [-0.1, -0.05) is 48.6 Å². The summed E-state index contributed by atoms with van der Waals surface area (Å²) in [5, 5.41) is 18.6. The van der Waals surface area contributed by atoms with Crippen LogP contribution in [0.1, 0.15) is 64.2 Å². The van der Waals surface area contributed by atoms with Crippen LogP contribution in [-0.2, 0) is 4.79 Å². The van der Waals surface area contributed by atoms with Crippen molar-refractivity contribution in [2.75, 3.05) is 6.54 Å². The van der Waals surface area contributed by atoms with E-state index in [1.54, 1.807) is 0 Å². The molecule has 0 aliphatic carbocycles. The van der Waals surface area contributed by atoms with Crippen LogP contribution in [0.2, 0.25) is 0 Å². The Bertz CT molecular complexity index is 464. The maximum atomic E-state index is 10.3. The normalized spacial score (nSPS) is 12.2. The standard InChI is InChI=1S/C20H31NO4/c22-20(23)18-16-14-12-10-8-6-4-2-1-3-5-7-9-11-13-15-17-19-21(24)25/h1,3-4,6-7,9-10,12H,2,5,8,11,13-19H2,(H,22,23)/b3-1-,6-4-,9-7-,12-10-. The van der Waals surface area contributed by atoms with Gasteiger partial charge in [0.1, 0.15) is 0 Å². The fourth-order valence-corrected chi connectivity index (χ4v) is 2.10. The Hall–Kier alpha value is -2.17. The lowest BCUT2D eigenvalue weighted by Gasteiger charge is -1.93. The molecule has 0 fully saturated rings. The van der Waals surface area contributed by atoms with Gasteiger partial charge in [-0.2, -0.15) is 0 Å². The van der Waals surface area contributed by atoms with Crippen LogP contribution in [-0.4, -0.2) is 22.5 Å². The highest BCUT2D eigenvalue weighted by Crippen LogP contribution is 2.02. The topological polar surface area (TPSA) is 80.4 Å². The van der Waals surface area contributed by atoms with Crippen molar-refractivity contribution in [3.63, 3.8) is 0 Å². The minimum Gasteiger partial charge on any atom is -0.481 e. The van der Waals surface area contributed by atoms with Crippen molar-refractivity contribution in [3.05, 3.63) is 58.7 Å². The SMILES string of the molecule is O=C(O)CCC/C=C\C/C=C\C/C=C\C/C=C\CCCCC[N+](=O)[O-]. The van der Waals surface area contributed by atoms with Gasteiger partial charge in [-0.15, -0.1) is 0 Å². The van der Waals surface area contributed by atoms with E-state index in [1.807, 2.05) is 6.08 Å². The van der Waals surface area contributed by atoms with E-state index in [0.29, 0.717) is 12.8 Å². The van der Waals surface area contributed by atoms with E-state index in [4.69, 9.17) is 5.11 Å². The van der Waals surface area contributed by atoms with Crippen molar-refractivity contribution in [1.29, 1.82) is 0 Å². The maximum absolute atomic E-state index is 10.3. The third-order valence-corrected chi connectivity index (χ3v) is 3.46. The van der Waals surface area contributed by atoms with Crippen LogP contribution in [0.5, 0.6) is 0 Å². The van der Waals surface area contributed by atoms with E-state index >= 15 is 0 Å². The van der Waals surface area contributed by atoms with E-state index < -0.39 is 5.97 Å². The molecule has 0 saturated heterocycles.